The van der Waals surface area contributed by atoms with Crippen LogP contribution >= 0.6 is 0 Å². The zero-order chi connectivity index (χ0) is 17.4. The highest BCUT2D eigenvalue weighted by Gasteiger charge is 2.20. The van der Waals surface area contributed by atoms with Gasteiger partial charge in [0.1, 0.15) is 5.75 Å². The topological polar surface area (TPSA) is 75.6 Å². The summed E-state index contributed by atoms with van der Waals surface area (Å²) >= 11 is 0. The van der Waals surface area contributed by atoms with Gasteiger partial charge in [-0.05, 0) is 29.7 Å². The Labute approximate surface area is 141 Å². The van der Waals surface area contributed by atoms with Gasteiger partial charge in [-0.15, -0.1) is 0 Å². The number of carbonyl (C=O) groups is 2. The van der Waals surface area contributed by atoms with E-state index in [-0.39, 0.29) is 19.1 Å². The van der Waals surface area contributed by atoms with E-state index in [0.29, 0.717) is 11.3 Å². The Morgan fingerprint density at radius 2 is 1.75 bits per heavy atom. The largest absolute Gasteiger partial charge is 0.484 e. The molecule has 2 N–H and O–H groups in total. The number of carbonyl (C=O) groups excluding carboxylic acids is 1. The molecule has 24 heavy (non-hydrogen) atoms. The van der Waals surface area contributed by atoms with Crippen molar-refractivity contribution in [2.24, 2.45) is 0 Å². The summed E-state index contributed by atoms with van der Waals surface area (Å²) in [4.78, 5) is 23.2. The van der Waals surface area contributed by atoms with Crippen molar-refractivity contribution in [1.29, 1.82) is 0 Å². The first kappa shape index (κ1) is 17.5. The number of ether oxygens (including phenoxy) is 1. The minimum absolute atomic E-state index is 0.0241. The van der Waals surface area contributed by atoms with Crippen LogP contribution in [0.15, 0.2) is 54.6 Å². The van der Waals surface area contributed by atoms with Gasteiger partial charge in [-0.25, -0.2) is 0 Å². The first-order chi connectivity index (χ1) is 11.6. The average Bonchev–Trinajstić information content (AvgIpc) is 2.61. The second-order valence-corrected chi connectivity index (χ2v) is 5.39. The van der Waals surface area contributed by atoms with Crippen LogP contribution in [0.1, 0.15) is 24.0 Å². The Bertz CT molecular complexity index is 668. The molecule has 0 aliphatic heterocycles. The Balaban J connectivity index is 1.83. The molecular formula is C19H21NO4. The third kappa shape index (κ3) is 5.12. The normalized spacial score (nSPS) is 11.5. The number of nitrogens with one attached hydrogen (secondary N) is 1. The second-order valence-electron chi connectivity index (χ2n) is 5.39. The predicted molar refractivity (Wildman–Crippen MR) is 91.1 cm³/mol. The smallest absolute Gasteiger partial charge is 0.312 e. The van der Waals surface area contributed by atoms with Gasteiger partial charge in [-0.2, -0.15) is 0 Å². The van der Waals surface area contributed by atoms with E-state index in [2.05, 4.69) is 12.2 Å². The molecule has 1 atom stereocenters. The number of benzene rings is 2. The third-order valence-electron chi connectivity index (χ3n) is 3.70. The maximum absolute atomic E-state index is 11.9. The van der Waals surface area contributed by atoms with Gasteiger partial charge in [0.05, 0.1) is 5.92 Å². The summed E-state index contributed by atoms with van der Waals surface area (Å²) in [5, 5.41) is 11.9. The zero-order valence-electron chi connectivity index (χ0n) is 13.6. The fourth-order valence-electron chi connectivity index (χ4n) is 2.27. The molecule has 0 saturated heterocycles. The van der Waals surface area contributed by atoms with Gasteiger partial charge in [0.15, 0.2) is 6.61 Å². The van der Waals surface area contributed by atoms with Gasteiger partial charge < -0.3 is 15.2 Å². The van der Waals surface area contributed by atoms with Crippen molar-refractivity contribution in [3.63, 3.8) is 0 Å². The lowest BCUT2D eigenvalue weighted by Gasteiger charge is -2.14. The molecule has 2 aromatic rings. The number of aryl methyl sites for hydroxylation is 1. The minimum atomic E-state index is -0.974. The summed E-state index contributed by atoms with van der Waals surface area (Å²) < 4.78 is 5.41. The maximum atomic E-state index is 11.9. The quantitative estimate of drug-likeness (QED) is 0.781. The Kier molecular flexibility index (Phi) is 6.37. The molecule has 0 aliphatic rings. The summed E-state index contributed by atoms with van der Waals surface area (Å²) in [5.74, 6) is -1.49. The number of amides is 1. The molecule has 0 heterocycles. The molecule has 0 aromatic heterocycles. The van der Waals surface area contributed by atoms with Crippen LogP contribution in [0.3, 0.4) is 0 Å². The highest BCUT2D eigenvalue weighted by atomic mass is 16.5. The maximum Gasteiger partial charge on any atom is 0.312 e. The fourth-order valence-corrected chi connectivity index (χ4v) is 2.27. The lowest BCUT2D eigenvalue weighted by atomic mass is 9.99. The lowest BCUT2D eigenvalue weighted by molar-refractivity contribution is -0.138. The Hall–Kier alpha value is -2.82. The van der Waals surface area contributed by atoms with Crippen molar-refractivity contribution < 1.29 is 19.4 Å². The third-order valence-corrected chi connectivity index (χ3v) is 3.70. The van der Waals surface area contributed by atoms with Gasteiger partial charge in [-0.3, -0.25) is 9.59 Å². The van der Waals surface area contributed by atoms with E-state index < -0.39 is 11.9 Å². The first-order valence-electron chi connectivity index (χ1n) is 7.86. The SMILES string of the molecule is CCc1ccc(OCC(=O)NCC(C(=O)O)c2ccccc2)cc1. The minimum Gasteiger partial charge on any atom is -0.484 e. The number of hydrogen-bond donors (Lipinski definition) is 2. The van der Waals surface area contributed by atoms with Crippen LogP contribution in [0.25, 0.3) is 0 Å². The van der Waals surface area contributed by atoms with Crippen molar-refractivity contribution >= 4 is 11.9 Å². The predicted octanol–water partition coefficient (Wildman–Crippen LogP) is 2.61. The summed E-state index contributed by atoms with van der Waals surface area (Å²) in [6, 6.07) is 16.4. The lowest BCUT2D eigenvalue weighted by Crippen LogP contribution is -2.34. The molecule has 0 fully saturated rings. The molecule has 0 bridgehead atoms. The second kappa shape index (κ2) is 8.72. The molecule has 0 aliphatic carbocycles. The molecule has 126 valence electrons. The highest BCUT2D eigenvalue weighted by molar-refractivity contribution is 5.80. The van der Waals surface area contributed by atoms with Gasteiger partial charge in [0, 0.05) is 6.54 Å². The summed E-state index contributed by atoms with van der Waals surface area (Å²) in [6.07, 6.45) is 0.941. The molecule has 1 amide bonds. The molecule has 2 aromatic carbocycles. The number of carboxylic acid groups (broad SMARTS) is 1. The van der Waals surface area contributed by atoms with E-state index in [0.717, 1.165) is 6.42 Å². The van der Waals surface area contributed by atoms with E-state index in [4.69, 9.17) is 4.74 Å². The molecule has 0 spiro atoms. The standard InChI is InChI=1S/C19H21NO4/c1-2-14-8-10-16(11-9-14)24-13-18(21)20-12-17(19(22)23)15-6-4-3-5-7-15/h3-11,17H,2,12-13H2,1H3,(H,20,21)(H,22,23). The summed E-state index contributed by atoms with van der Waals surface area (Å²) in [7, 11) is 0. The molecule has 5 nitrogen and oxygen atoms in total. The summed E-state index contributed by atoms with van der Waals surface area (Å²) in [6.45, 7) is 1.94. The fraction of sp³-hybridized carbons (Fsp3) is 0.263. The number of rotatable bonds is 8. The molecule has 2 rings (SSSR count). The molecule has 5 heteroatoms. The van der Waals surface area contributed by atoms with Crippen LogP contribution < -0.4 is 10.1 Å². The van der Waals surface area contributed by atoms with Gasteiger partial charge in [0.25, 0.3) is 5.91 Å². The number of aliphatic carboxylic acids is 1. The Morgan fingerprint density at radius 3 is 2.33 bits per heavy atom. The molecule has 1 unspecified atom stereocenters. The van der Waals surface area contributed by atoms with Crippen LogP contribution in [0.5, 0.6) is 5.75 Å². The molecule has 0 radical (unpaired) electrons. The van der Waals surface area contributed by atoms with Crippen molar-refractivity contribution in [1.82, 2.24) is 5.32 Å². The van der Waals surface area contributed by atoms with Crippen molar-refractivity contribution in [2.75, 3.05) is 13.2 Å². The number of hydrogen-bond acceptors (Lipinski definition) is 3. The van der Waals surface area contributed by atoms with E-state index in [1.165, 1.54) is 5.56 Å². The summed E-state index contributed by atoms with van der Waals surface area (Å²) in [5.41, 5.74) is 1.85. The Morgan fingerprint density at radius 1 is 1.08 bits per heavy atom. The van der Waals surface area contributed by atoms with E-state index in [1.54, 1.807) is 24.3 Å². The van der Waals surface area contributed by atoms with Crippen LogP contribution in [-0.2, 0) is 16.0 Å². The van der Waals surface area contributed by atoms with Crippen LogP contribution in [0, 0.1) is 0 Å². The van der Waals surface area contributed by atoms with E-state index >= 15 is 0 Å². The first-order valence-corrected chi connectivity index (χ1v) is 7.86. The van der Waals surface area contributed by atoms with Crippen molar-refractivity contribution in [2.45, 2.75) is 19.3 Å². The highest BCUT2D eigenvalue weighted by Crippen LogP contribution is 2.15. The van der Waals surface area contributed by atoms with Gasteiger partial charge in [-0.1, -0.05) is 49.4 Å². The van der Waals surface area contributed by atoms with E-state index in [1.807, 2.05) is 30.3 Å². The van der Waals surface area contributed by atoms with Crippen LogP contribution in [-0.4, -0.2) is 30.1 Å². The van der Waals surface area contributed by atoms with Gasteiger partial charge >= 0.3 is 5.97 Å². The van der Waals surface area contributed by atoms with Gasteiger partial charge in [0.2, 0.25) is 0 Å². The number of carboxylic acids is 1. The monoisotopic (exact) mass is 327 g/mol. The van der Waals surface area contributed by atoms with Crippen LogP contribution in [0.4, 0.5) is 0 Å². The molecular weight excluding hydrogens is 306 g/mol. The van der Waals surface area contributed by atoms with Crippen molar-refractivity contribution in [3.05, 3.63) is 65.7 Å². The van der Waals surface area contributed by atoms with Crippen LogP contribution in [0.2, 0.25) is 0 Å². The van der Waals surface area contributed by atoms with E-state index in [9.17, 15) is 14.7 Å². The van der Waals surface area contributed by atoms with Crippen molar-refractivity contribution in [3.8, 4) is 5.75 Å². The zero-order valence-corrected chi connectivity index (χ0v) is 13.6. The average molecular weight is 327 g/mol. The molecule has 0 saturated carbocycles.